The molecule has 3 aliphatic rings. The summed E-state index contributed by atoms with van der Waals surface area (Å²) in [4.78, 5) is 40.9. The number of halogens is 1. The van der Waals surface area contributed by atoms with E-state index in [1.165, 1.54) is 12.3 Å². The minimum Gasteiger partial charge on any atom is -0.451 e. The van der Waals surface area contributed by atoms with Gasteiger partial charge in [0.15, 0.2) is 5.69 Å². The van der Waals surface area contributed by atoms with Gasteiger partial charge in [0.05, 0.1) is 26.4 Å². The van der Waals surface area contributed by atoms with E-state index in [9.17, 15) is 14.4 Å². The highest BCUT2D eigenvalue weighted by Crippen LogP contribution is 2.45. The van der Waals surface area contributed by atoms with Crippen LogP contribution >= 0.6 is 11.8 Å². The lowest BCUT2D eigenvalue weighted by atomic mass is 9.92. The molecule has 2 aromatic carbocycles. The molecule has 1 fully saturated rings. The molecule has 1 aromatic heterocycles. The number of benzene rings is 2. The van der Waals surface area contributed by atoms with E-state index in [2.05, 4.69) is 4.74 Å². The second-order valence-electron chi connectivity index (χ2n) is 9.49. The number of aryl methyl sites for hydroxylation is 1. The number of rotatable bonds is 4. The van der Waals surface area contributed by atoms with E-state index >= 15 is 4.39 Å². The quantitative estimate of drug-likeness (QED) is 0.346. The number of pyridine rings is 1. The van der Waals surface area contributed by atoms with Crippen molar-refractivity contribution >= 4 is 23.8 Å². The standard InChI is InChI=1S/C28H26FN3O7S/c1-16-7-8-17-19(23(16)29)14-40-21-6-4-3-5-18(21)24(17)32-22-13-37-12-11-30(22)27(34)25-26(20(33)9-10-31(25)32)38-15-39-28(35)36-2/h3-10,22,24H,11-15H2,1-2H3/t22-,24+/m1/s1. The molecule has 0 aliphatic carbocycles. The van der Waals surface area contributed by atoms with Gasteiger partial charge in [-0.05, 0) is 29.7 Å². The van der Waals surface area contributed by atoms with Crippen LogP contribution in [-0.4, -0.2) is 61.5 Å². The van der Waals surface area contributed by atoms with Crippen molar-refractivity contribution in [2.75, 3.05) is 38.7 Å². The molecule has 10 nitrogen and oxygen atoms in total. The average Bonchev–Trinajstić information content (AvgIpc) is 3.13. The lowest BCUT2D eigenvalue weighted by Crippen LogP contribution is -2.66. The van der Waals surface area contributed by atoms with Crippen molar-refractivity contribution in [3.63, 3.8) is 0 Å². The number of ether oxygens (including phenoxy) is 4. The van der Waals surface area contributed by atoms with E-state index in [1.54, 1.807) is 34.3 Å². The lowest BCUT2D eigenvalue weighted by Gasteiger charge is -2.51. The molecule has 6 rings (SSSR count). The number of carbonyl (C=O) groups is 2. The molecule has 208 valence electrons. The van der Waals surface area contributed by atoms with Crippen molar-refractivity contribution in [3.8, 4) is 5.75 Å². The number of morpholine rings is 1. The molecule has 12 heteroatoms. The van der Waals surface area contributed by atoms with Gasteiger partial charge in [0.1, 0.15) is 12.0 Å². The zero-order valence-electron chi connectivity index (χ0n) is 21.8. The number of aromatic nitrogens is 1. The Morgan fingerprint density at radius 2 is 1.98 bits per heavy atom. The number of hydrogen-bond donors (Lipinski definition) is 0. The summed E-state index contributed by atoms with van der Waals surface area (Å²) in [6, 6.07) is 12.3. The number of carbonyl (C=O) groups excluding carboxylic acids is 2. The normalized spacial score (nSPS) is 19.5. The van der Waals surface area contributed by atoms with Crippen LogP contribution in [0.1, 0.15) is 38.8 Å². The number of nitrogens with zero attached hydrogens (tertiary/aromatic N) is 3. The molecule has 0 spiro atoms. The minimum atomic E-state index is -0.993. The zero-order valence-corrected chi connectivity index (χ0v) is 22.6. The molecule has 1 saturated heterocycles. The van der Waals surface area contributed by atoms with Crippen LogP contribution in [0.4, 0.5) is 9.18 Å². The molecule has 0 saturated carbocycles. The minimum absolute atomic E-state index is 0.0253. The molecule has 0 radical (unpaired) electrons. The van der Waals surface area contributed by atoms with Crippen LogP contribution in [0.25, 0.3) is 0 Å². The van der Waals surface area contributed by atoms with Crippen molar-refractivity contribution in [1.82, 2.24) is 9.58 Å². The Labute approximate surface area is 233 Å². The van der Waals surface area contributed by atoms with Crippen molar-refractivity contribution in [1.29, 1.82) is 0 Å². The fourth-order valence-electron chi connectivity index (χ4n) is 5.45. The number of thioether (sulfide) groups is 1. The molecule has 3 aromatic rings. The second kappa shape index (κ2) is 10.5. The third-order valence-electron chi connectivity index (χ3n) is 7.32. The van der Waals surface area contributed by atoms with Crippen molar-refractivity contribution < 1.29 is 32.9 Å². The smallest absolute Gasteiger partial charge is 0.451 e. The average molecular weight is 568 g/mol. The fourth-order valence-corrected chi connectivity index (χ4v) is 6.57. The Hall–Kier alpha value is -4.03. The summed E-state index contributed by atoms with van der Waals surface area (Å²) in [5, 5.41) is 1.95. The van der Waals surface area contributed by atoms with E-state index < -0.39 is 36.5 Å². The molecular weight excluding hydrogens is 541 g/mol. The van der Waals surface area contributed by atoms with Gasteiger partial charge in [-0.2, -0.15) is 0 Å². The van der Waals surface area contributed by atoms with Gasteiger partial charge in [-0.15, -0.1) is 11.8 Å². The van der Waals surface area contributed by atoms with Crippen LogP contribution in [0.3, 0.4) is 0 Å². The maximum atomic E-state index is 15.6. The Morgan fingerprint density at radius 1 is 1.15 bits per heavy atom. The van der Waals surface area contributed by atoms with Crippen LogP contribution in [0.5, 0.6) is 5.75 Å². The first kappa shape index (κ1) is 26.2. The van der Waals surface area contributed by atoms with Gasteiger partial charge >= 0.3 is 6.16 Å². The maximum Gasteiger partial charge on any atom is 0.510 e. The van der Waals surface area contributed by atoms with Gasteiger partial charge in [-0.1, -0.05) is 30.3 Å². The van der Waals surface area contributed by atoms with Crippen LogP contribution in [0.2, 0.25) is 0 Å². The topological polar surface area (TPSA) is 99.5 Å². The molecule has 40 heavy (non-hydrogen) atoms. The SMILES string of the molecule is COC(=O)OCOc1c2n(ccc1=O)N([C@@H]1c3ccccc3SCc3c1ccc(C)c3F)[C@@H]1COCCN1C2=O. The maximum absolute atomic E-state index is 15.6. The molecule has 0 unspecified atom stereocenters. The first-order valence-corrected chi connectivity index (χ1v) is 13.7. The predicted octanol–water partition coefficient (Wildman–Crippen LogP) is 3.56. The fraction of sp³-hybridized carbons (Fsp3) is 0.321. The molecule has 2 atom stereocenters. The van der Waals surface area contributed by atoms with Crippen molar-refractivity contribution in [3.05, 3.63) is 92.6 Å². The van der Waals surface area contributed by atoms with E-state index in [0.717, 1.165) is 23.1 Å². The lowest BCUT2D eigenvalue weighted by molar-refractivity contribution is -0.0209. The molecule has 3 aliphatic heterocycles. The molecule has 0 bridgehead atoms. The van der Waals surface area contributed by atoms with Gasteiger partial charge < -0.3 is 23.8 Å². The Morgan fingerprint density at radius 3 is 2.80 bits per heavy atom. The predicted molar refractivity (Wildman–Crippen MR) is 143 cm³/mol. The van der Waals surface area contributed by atoms with E-state index in [-0.39, 0.29) is 30.4 Å². The van der Waals surface area contributed by atoms with Crippen LogP contribution in [0, 0.1) is 12.7 Å². The summed E-state index contributed by atoms with van der Waals surface area (Å²) in [6.45, 7) is 1.91. The summed E-state index contributed by atoms with van der Waals surface area (Å²) in [7, 11) is 1.15. The summed E-state index contributed by atoms with van der Waals surface area (Å²) in [5.41, 5.74) is 2.22. The zero-order chi connectivity index (χ0) is 28.0. The van der Waals surface area contributed by atoms with E-state index in [1.807, 2.05) is 35.3 Å². The first-order valence-electron chi connectivity index (χ1n) is 12.7. The second-order valence-corrected chi connectivity index (χ2v) is 10.5. The Bertz CT molecular complexity index is 1560. The van der Waals surface area contributed by atoms with Gasteiger partial charge in [-0.3, -0.25) is 19.3 Å². The van der Waals surface area contributed by atoms with Crippen molar-refractivity contribution in [2.24, 2.45) is 0 Å². The first-order chi connectivity index (χ1) is 19.4. The van der Waals surface area contributed by atoms with Crippen LogP contribution in [0.15, 0.2) is 58.4 Å². The highest BCUT2D eigenvalue weighted by molar-refractivity contribution is 7.98. The summed E-state index contributed by atoms with van der Waals surface area (Å²) >= 11 is 1.55. The third-order valence-corrected chi connectivity index (χ3v) is 8.44. The third kappa shape index (κ3) is 4.27. The molecular formula is C28H26FN3O7S. The van der Waals surface area contributed by atoms with E-state index in [0.29, 0.717) is 23.5 Å². The number of amides is 1. The summed E-state index contributed by atoms with van der Waals surface area (Å²) in [5.74, 6) is -0.527. The number of hydrogen-bond acceptors (Lipinski definition) is 9. The van der Waals surface area contributed by atoms with Crippen molar-refractivity contribution in [2.45, 2.75) is 29.8 Å². The number of fused-ring (bicyclic) bond motifs is 4. The highest BCUT2D eigenvalue weighted by atomic mass is 32.2. The molecule has 1 amide bonds. The monoisotopic (exact) mass is 567 g/mol. The molecule has 4 heterocycles. The van der Waals surface area contributed by atoms with Gasteiger partial charge in [0, 0.05) is 35.0 Å². The van der Waals surface area contributed by atoms with E-state index in [4.69, 9.17) is 14.2 Å². The van der Waals surface area contributed by atoms with Gasteiger partial charge in [0.2, 0.25) is 18.0 Å². The summed E-state index contributed by atoms with van der Waals surface area (Å²) in [6.07, 6.45) is -0.0400. The number of methoxy groups -OCH3 is 1. The Balaban J connectivity index is 1.58. The van der Waals surface area contributed by atoms with Gasteiger partial charge in [-0.25, -0.2) is 9.18 Å². The molecule has 0 N–H and O–H groups in total. The Kier molecular flexibility index (Phi) is 6.88. The van der Waals surface area contributed by atoms with Crippen LogP contribution in [-0.2, 0) is 20.0 Å². The summed E-state index contributed by atoms with van der Waals surface area (Å²) < 4.78 is 37.9. The van der Waals surface area contributed by atoms with Crippen LogP contribution < -0.4 is 15.2 Å². The van der Waals surface area contributed by atoms with Gasteiger partial charge in [0.25, 0.3) is 5.91 Å². The largest absolute Gasteiger partial charge is 0.510 e. The highest BCUT2D eigenvalue weighted by Gasteiger charge is 2.46.